The SMILES string of the molecule is C=C(N=C(C)n1c2ccccc2c2ccc3c4ccccc4n(-c4ccccc4)c3c21)c1ccc(-c2ccccc2)cc1. The number of nitrogens with zero attached hydrogens (tertiary/aromatic N) is 3. The van der Waals surface area contributed by atoms with Crippen molar-refractivity contribution in [3.8, 4) is 16.8 Å². The summed E-state index contributed by atoms with van der Waals surface area (Å²) in [6.45, 7) is 6.48. The molecule has 0 saturated carbocycles. The summed E-state index contributed by atoms with van der Waals surface area (Å²) >= 11 is 0. The van der Waals surface area contributed by atoms with Gasteiger partial charge in [0.1, 0.15) is 5.84 Å². The lowest BCUT2D eigenvalue weighted by Gasteiger charge is -2.13. The van der Waals surface area contributed by atoms with Gasteiger partial charge in [0.05, 0.1) is 27.8 Å². The summed E-state index contributed by atoms with van der Waals surface area (Å²) in [5, 5.41) is 4.86. The Balaban J connectivity index is 1.37. The molecule has 2 heterocycles. The molecule has 8 rings (SSSR count). The van der Waals surface area contributed by atoms with E-state index in [4.69, 9.17) is 4.99 Å². The summed E-state index contributed by atoms with van der Waals surface area (Å²) in [5.74, 6) is 0.876. The van der Waals surface area contributed by atoms with Crippen LogP contribution < -0.4 is 0 Å². The zero-order valence-corrected chi connectivity index (χ0v) is 23.9. The quantitative estimate of drug-likeness (QED) is 0.153. The highest BCUT2D eigenvalue weighted by Crippen LogP contribution is 2.40. The van der Waals surface area contributed by atoms with E-state index >= 15 is 0 Å². The molecule has 6 aromatic carbocycles. The van der Waals surface area contributed by atoms with Crippen molar-refractivity contribution >= 4 is 55.1 Å². The lowest BCUT2D eigenvalue weighted by molar-refractivity contribution is 1.17. The Morgan fingerprint density at radius 2 is 1.05 bits per heavy atom. The molecule has 0 aliphatic heterocycles. The van der Waals surface area contributed by atoms with Crippen molar-refractivity contribution in [2.24, 2.45) is 4.99 Å². The van der Waals surface area contributed by atoms with Crippen LogP contribution >= 0.6 is 0 Å². The standard InChI is InChI=1S/C40H29N3/c1-27(29-21-23-31(24-22-29)30-13-5-3-6-14-30)41-28(2)42-37-19-11-9-17-33(37)35-25-26-36-34-18-10-12-20-38(34)43(40(36)39(35)42)32-15-7-4-8-16-32/h3-26H,1H2,2H3. The van der Waals surface area contributed by atoms with Crippen molar-refractivity contribution in [2.45, 2.75) is 6.92 Å². The maximum absolute atomic E-state index is 5.13. The van der Waals surface area contributed by atoms with Crippen LogP contribution in [0.3, 0.4) is 0 Å². The van der Waals surface area contributed by atoms with E-state index in [2.05, 4.69) is 162 Å². The van der Waals surface area contributed by atoms with E-state index in [0.717, 1.165) is 33.8 Å². The van der Waals surface area contributed by atoms with Gasteiger partial charge in [0, 0.05) is 27.2 Å². The van der Waals surface area contributed by atoms with Gasteiger partial charge >= 0.3 is 0 Å². The smallest absolute Gasteiger partial charge is 0.111 e. The van der Waals surface area contributed by atoms with Gasteiger partial charge in [0.25, 0.3) is 0 Å². The first-order chi connectivity index (χ1) is 21.2. The molecule has 0 N–H and O–H groups in total. The molecule has 2 aromatic heterocycles. The van der Waals surface area contributed by atoms with E-state index in [-0.39, 0.29) is 0 Å². The third-order valence-corrected chi connectivity index (χ3v) is 8.43. The zero-order chi connectivity index (χ0) is 28.9. The average molecular weight is 552 g/mol. The van der Waals surface area contributed by atoms with Crippen LogP contribution in [0.15, 0.2) is 157 Å². The highest BCUT2D eigenvalue weighted by Gasteiger charge is 2.21. The molecule has 43 heavy (non-hydrogen) atoms. The molecule has 8 aromatic rings. The molecular formula is C40H29N3. The fourth-order valence-electron chi connectivity index (χ4n) is 6.48. The summed E-state index contributed by atoms with van der Waals surface area (Å²) in [5.41, 5.74) is 9.88. The number of hydrogen-bond donors (Lipinski definition) is 0. The minimum absolute atomic E-state index is 0.735. The lowest BCUT2D eigenvalue weighted by Crippen LogP contribution is -2.08. The molecule has 0 unspecified atom stereocenters. The predicted molar refractivity (Wildman–Crippen MR) is 183 cm³/mol. The second kappa shape index (κ2) is 10.0. The number of hydrogen-bond acceptors (Lipinski definition) is 1. The Hall–Kier alpha value is -5.67. The molecule has 0 aliphatic rings. The van der Waals surface area contributed by atoms with Crippen LogP contribution in [0.25, 0.3) is 66.1 Å². The summed E-state index contributed by atoms with van der Waals surface area (Å²) in [6.07, 6.45) is 0. The average Bonchev–Trinajstić information content (AvgIpc) is 3.59. The first kappa shape index (κ1) is 25.1. The van der Waals surface area contributed by atoms with Gasteiger partial charge in [-0.05, 0) is 47.9 Å². The third-order valence-electron chi connectivity index (χ3n) is 8.43. The molecule has 0 amide bonds. The summed E-state index contributed by atoms with van der Waals surface area (Å²) in [6, 6.07) is 51.4. The monoisotopic (exact) mass is 551 g/mol. The molecule has 3 heteroatoms. The minimum Gasteiger partial charge on any atom is -0.307 e. The van der Waals surface area contributed by atoms with Crippen LogP contribution in [0.5, 0.6) is 0 Å². The molecule has 204 valence electrons. The highest BCUT2D eigenvalue weighted by atomic mass is 15.1. The van der Waals surface area contributed by atoms with Crippen molar-refractivity contribution in [1.82, 2.24) is 9.13 Å². The van der Waals surface area contributed by atoms with Gasteiger partial charge in [-0.3, -0.25) is 4.57 Å². The van der Waals surface area contributed by atoms with Crippen LogP contribution in [0.4, 0.5) is 0 Å². The van der Waals surface area contributed by atoms with Gasteiger partial charge in [0.15, 0.2) is 0 Å². The lowest BCUT2D eigenvalue weighted by atomic mass is 10.0. The molecule has 0 fully saturated rings. The number of rotatable bonds is 4. The van der Waals surface area contributed by atoms with Crippen LogP contribution in [-0.4, -0.2) is 15.0 Å². The predicted octanol–water partition coefficient (Wildman–Crippen LogP) is 10.5. The van der Waals surface area contributed by atoms with Gasteiger partial charge < -0.3 is 4.57 Å². The number of benzene rings is 6. The normalized spacial score (nSPS) is 12.1. The molecule has 0 radical (unpaired) electrons. The van der Waals surface area contributed by atoms with E-state index in [9.17, 15) is 0 Å². The van der Waals surface area contributed by atoms with Gasteiger partial charge in [0.2, 0.25) is 0 Å². The number of para-hydroxylation sites is 3. The summed E-state index contributed by atoms with van der Waals surface area (Å²) in [7, 11) is 0. The second-order valence-electron chi connectivity index (χ2n) is 10.9. The van der Waals surface area contributed by atoms with Gasteiger partial charge in [-0.1, -0.05) is 128 Å². The van der Waals surface area contributed by atoms with Gasteiger partial charge in [-0.2, -0.15) is 0 Å². The maximum Gasteiger partial charge on any atom is 0.111 e. The number of fused-ring (bicyclic) bond motifs is 7. The van der Waals surface area contributed by atoms with Crippen molar-refractivity contribution in [3.05, 3.63) is 158 Å². The Kier molecular flexibility index (Phi) is 5.83. The molecular weight excluding hydrogens is 522 g/mol. The largest absolute Gasteiger partial charge is 0.307 e. The van der Waals surface area contributed by atoms with Crippen molar-refractivity contribution in [2.75, 3.05) is 0 Å². The molecule has 0 aliphatic carbocycles. The Morgan fingerprint density at radius 1 is 0.512 bits per heavy atom. The molecule has 0 bridgehead atoms. The van der Waals surface area contributed by atoms with Gasteiger partial charge in [-0.15, -0.1) is 0 Å². The molecule has 0 saturated heterocycles. The number of aliphatic imine (C=N–C) groups is 1. The molecule has 0 atom stereocenters. The minimum atomic E-state index is 0.735. The van der Waals surface area contributed by atoms with E-state index in [1.165, 1.54) is 43.7 Å². The summed E-state index contributed by atoms with van der Waals surface area (Å²) < 4.78 is 4.71. The number of aromatic nitrogens is 2. The van der Waals surface area contributed by atoms with E-state index in [1.54, 1.807) is 0 Å². The van der Waals surface area contributed by atoms with Crippen LogP contribution in [0.2, 0.25) is 0 Å². The van der Waals surface area contributed by atoms with Crippen LogP contribution in [-0.2, 0) is 0 Å². The fraction of sp³-hybridized carbons (Fsp3) is 0.0250. The van der Waals surface area contributed by atoms with E-state index in [0.29, 0.717) is 0 Å². The Bertz CT molecular complexity index is 2340. The Morgan fingerprint density at radius 3 is 1.74 bits per heavy atom. The molecule has 0 spiro atoms. The van der Waals surface area contributed by atoms with Crippen LogP contribution in [0, 0.1) is 0 Å². The zero-order valence-electron chi connectivity index (χ0n) is 23.9. The van der Waals surface area contributed by atoms with E-state index in [1.807, 2.05) is 6.07 Å². The van der Waals surface area contributed by atoms with Crippen molar-refractivity contribution in [1.29, 1.82) is 0 Å². The summed E-state index contributed by atoms with van der Waals surface area (Å²) in [4.78, 5) is 5.13. The van der Waals surface area contributed by atoms with Crippen LogP contribution in [0.1, 0.15) is 12.5 Å². The first-order valence-corrected chi connectivity index (χ1v) is 14.6. The highest BCUT2D eigenvalue weighted by molar-refractivity contribution is 6.25. The van der Waals surface area contributed by atoms with E-state index < -0.39 is 0 Å². The van der Waals surface area contributed by atoms with Crippen molar-refractivity contribution in [3.63, 3.8) is 0 Å². The second-order valence-corrected chi connectivity index (χ2v) is 10.9. The Labute approximate surface area is 250 Å². The van der Waals surface area contributed by atoms with Gasteiger partial charge in [-0.25, -0.2) is 4.99 Å². The first-order valence-electron chi connectivity index (χ1n) is 14.6. The topological polar surface area (TPSA) is 22.2 Å². The van der Waals surface area contributed by atoms with Crippen molar-refractivity contribution < 1.29 is 0 Å². The third kappa shape index (κ3) is 4.01. The fourth-order valence-corrected chi connectivity index (χ4v) is 6.48. The maximum atomic E-state index is 5.13. The molecule has 3 nitrogen and oxygen atoms in total.